The fourth-order valence-electron chi connectivity index (χ4n) is 1.13. The van der Waals surface area contributed by atoms with Gasteiger partial charge in [-0.05, 0) is 18.4 Å². The predicted octanol–water partition coefficient (Wildman–Crippen LogP) is -0.0129. The second-order valence-corrected chi connectivity index (χ2v) is 5.00. The number of hydrogen-bond acceptors (Lipinski definition) is 3. The Morgan fingerprint density at radius 1 is 1.64 bits per heavy atom. The van der Waals surface area contributed by atoms with Crippen molar-refractivity contribution >= 4 is 10.0 Å². The Morgan fingerprint density at radius 3 is 2.86 bits per heavy atom. The van der Waals surface area contributed by atoms with Crippen LogP contribution in [-0.4, -0.2) is 32.4 Å². The van der Waals surface area contributed by atoms with Crippen LogP contribution >= 0.6 is 0 Å². The van der Waals surface area contributed by atoms with Crippen LogP contribution in [0, 0.1) is 6.42 Å². The Kier molecular flexibility index (Phi) is 3.86. The minimum atomic E-state index is -3.23. The van der Waals surface area contributed by atoms with Crippen LogP contribution in [0.1, 0.15) is 6.42 Å². The molecule has 0 aromatic rings. The van der Waals surface area contributed by atoms with Crippen molar-refractivity contribution in [3.63, 3.8) is 0 Å². The third-order valence-corrected chi connectivity index (χ3v) is 2.53. The molecular formula is C9H14NO3S. The zero-order chi connectivity index (χ0) is 10.6. The summed E-state index contributed by atoms with van der Waals surface area (Å²) in [6.07, 6.45) is 8.53. The molecule has 0 bridgehead atoms. The monoisotopic (exact) mass is 216 g/mol. The first kappa shape index (κ1) is 11.4. The Labute approximate surface area is 84.4 Å². The fraction of sp³-hybridized carbons (Fsp3) is 0.444. The number of sulfonamides is 1. The van der Waals surface area contributed by atoms with Gasteiger partial charge in [-0.3, -0.25) is 0 Å². The van der Waals surface area contributed by atoms with E-state index in [1.54, 1.807) is 6.08 Å². The SMILES string of the molecule is CS(=O)(=O)NCC(O)C1=CC[CH]C=C1. The van der Waals surface area contributed by atoms with Crippen LogP contribution in [0.3, 0.4) is 0 Å². The van der Waals surface area contributed by atoms with Crippen molar-refractivity contribution in [1.82, 2.24) is 4.72 Å². The molecule has 1 rings (SSSR count). The van der Waals surface area contributed by atoms with Crippen molar-refractivity contribution in [3.8, 4) is 0 Å². The van der Waals surface area contributed by atoms with Crippen LogP contribution in [0.2, 0.25) is 0 Å². The highest BCUT2D eigenvalue weighted by Crippen LogP contribution is 2.12. The van der Waals surface area contributed by atoms with Crippen molar-refractivity contribution in [1.29, 1.82) is 0 Å². The van der Waals surface area contributed by atoms with Crippen LogP contribution < -0.4 is 4.72 Å². The average Bonchev–Trinajstić information content (AvgIpc) is 2.14. The third kappa shape index (κ3) is 4.04. The van der Waals surface area contributed by atoms with E-state index in [2.05, 4.69) is 4.72 Å². The fourth-order valence-corrected chi connectivity index (χ4v) is 1.59. The highest BCUT2D eigenvalue weighted by molar-refractivity contribution is 7.88. The molecule has 0 amide bonds. The zero-order valence-corrected chi connectivity index (χ0v) is 8.79. The number of allylic oxidation sites excluding steroid dienone is 2. The summed E-state index contributed by atoms with van der Waals surface area (Å²) in [5.74, 6) is 0. The molecule has 5 heteroatoms. The molecule has 0 aromatic carbocycles. The van der Waals surface area contributed by atoms with E-state index in [0.29, 0.717) is 0 Å². The summed E-state index contributed by atoms with van der Waals surface area (Å²) < 4.78 is 23.8. The van der Waals surface area contributed by atoms with Gasteiger partial charge in [-0.15, -0.1) is 0 Å². The lowest BCUT2D eigenvalue weighted by molar-refractivity contribution is 0.217. The van der Waals surface area contributed by atoms with Gasteiger partial charge in [0.2, 0.25) is 10.0 Å². The molecule has 0 fully saturated rings. The third-order valence-electron chi connectivity index (χ3n) is 1.84. The minimum absolute atomic E-state index is 0.0228. The van der Waals surface area contributed by atoms with Gasteiger partial charge in [0.1, 0.15) is 0 Å². The summed E-state index contributed by atoms with van der Waals surface area (Å²) >= 11 is 0. The van der Waals surface area contributed by atoms with Crippen LogP contribution in [0.15, 0.2) is 23.8 Å². The molecule has 1 aliphatic carbocycles. The second kappa shape index (κ2) is 4.72. The lowest BCUT2D eigenvalue weighted by Crippen LogP contribution is -2.32. The molecule has 0 aromatic heterocycles. The van der Waals surface area contributed by atoms with E-state index in [1.165, 1.54) is 0 Å². The number of hydrogen-bond donors (Lipinski definition) is 2. The Morgan fingerprint density at radius 2 is 2.36 bits per heavy atom. The maximum Gasteiger partial charge on any atom is 0.208 e. The van der Waals surface area contributed by atoms with Gasteiger partial charge in [-0.25, -0.2) is 13.1 Å². The first-order chi connectivity index (χ1) is 6.49. The van der Waals surface area contributed by atoms with Gasteiger partial charge in [0, 0.05) is 6.54 Å². The summed E-state index contributed by atoms with van der Waals surface area (Å²) in [7, 11) is -3.23. The molecule has 0 spiro atoms. The molecule has 1 aliphatic rings. The second-order valence-electron chi connectivity index (χ2n) is 3.17. The maximum absolute atomic E-state index is 10.8. The van der Waals surface area contributed by atoms with Gasteiger partial charge < -0.3 is 5.11 Å². The molecule has 0 heterocycles. The number of nitrogens with one attached hydrogen (secondary N) is 1. The van der Waals surface area contributed by atoms with Gasteiger partial charge in [0.15, 0.2) is 0 Å². The minimum Gasteiger partial charge on any atom is -0.387 e. The van der Waals surface area contributed by atoms with E-state index in [1.807, 2.05) is 18.6 Å². The standard InChI is InChI=1S/C9H14NO3S/c1-14(12,13)10-7-9(11)8-5-3-2-4-6-8/h2-3,5-6,9-11H,4,7H2,1H3. The smallest absolute Gasteiger partial charge is 0.208 e. The van der Waals surface area contributed by atoms with E-state index in [4.69, 9.17) is 0 Å². The first-order valence-electron chi connectivity index (χ1n) is 4.31. The molecule has 0 saturated carbocycles. The average molecular weight is 216 g/mol. The molecule has 2 N–H and O–H groups in total. The van der Waals surface area contributed by atoms with Crippen molar-refractivity contribution in [3.05, 3.63) is 30.2 Å². The molecule has 14 heavy (non-hydrogen) atoms. The highest BCUT2D eigenvalue weighted by Gasteiger charge is 2.11. The summed E-state index contributed by atoms with van der Waals surface area (Å²) in [6, 6.07) is 0. The van der Waals surface area contributed by atoms with Crippen LogP contribution in [0.5, 0.6) is 0 Å². The number of rotatable bonds is 4. The Balaban J connectivity index is 2.46. The van der Waals surface area contributed by atoms with Crippen LogP contribution in [0.4, 0.5) is 0 Å². The van der Waals surface area contributed by atoms with Gasteiger partial charge in [-0.1, -0.05) is 18.2 Å². The quantitative estimate of drug-likeness (QED) is 0.694. The largest absolute Gasteiger partial charge is 0.387 e. The van der Waals surface area contributed by atoms with Crippen LogP contribution in [0.25, 0.3) is 0 Å². The molecule has 4 nitrogen and oxygen atoms in total. The van der Waals surface area contributed by atoms with Crippen molar-refractivity contribution in [2.24, 2.45) is 0 Å². The van der Waals surface area contributed by atoms with E-state index in [9.17, 15) is 13.5 Å². The molecule has 1 atom stereocenters. The van der Waals surface area contributed by atoms with Gasteiger partial charge in [0.25, 0.3) is 0 Å². The molecular weight excluding hydrogens is 202 g/mol. The van der Waals surface area contributed by atoms with Crippen molar-refractivity contribution in [2.75, 3.05) is 12.8 Å². The van der Waals surface area contributed by atoms with Crippen molar-refractivity contribution < 1.29 is 13.5 Å². The van der Waals surface area contributed by atoms with Gasteiger partial charge in [0.05, 0.1) is 12.4 Å². The van der Waals surface area contributed by atoms with Gasteiger partial charge >= 0.3 is 0 Å². The lowest BCUT2D eigenvalue weighted by atomic mass is 10.0. The Bertz CT molecular complexity index is 343. The first-order valence-corrected chi connectivity index (χ1v) is 6.21. The molecule has 0 saturated heterocycles. The molecule has 79 valence electrons. The summed E-state index contributed by atoms with van der Waals surface area (Å²) in [4.78, 5) is 0. The Hall–Kier alpha value is -0.650. The highest BCUT2D eigenvalue weighted by atomic mass is 32.2. The lowest BCUT2D eigenvalue weighted by Gasteiger charge is -2.14. The van der Waals surface area contributed by atoms with E-state index in [-0.39, 0.29) is 6.54 Å². The topological polar surface area (TPSA) is 66.4 Å². The summed E-state index contributed by atoms with van der Waals surface area (Å²) in [6.45, 7) is 0.0228. The molecule has 1 unspecified atom stereocenters. The van der Waals surface area contributed by atoms with E-state index < -0.39 is 16.1 Å². The van der Waals surface area contributed by atoms with E-state index in [0.717, 1.165) is 18.2 Å². The molecule has 0 aliphatic heterocycles. The van der Waals surface area contributed by atoms with E-state index >= 15 is 0 Å². The van der Waals surface area contributed by atoms with Gasteiger partial charge in [-0.2, -0.15) is 0 Å². The zero-order valence-electron chi connectivity index (χ0n) is 7.97. The predicted molar refractivity (Wildman–Crippen MR) is 55.0 cm³/mol. The van der Waals surface area contributed by atoms with Crippen LogP contribution in [-0.2, 0) is 10.0 Å². The van der Waals surface area contributed by atoms with Crippen molar-refractivity contribution in [2.45, 2.75) is 12.5 Å². The number of aliphatic hydroxyl groups excluding tert-OH is 1. The summed E-state index contributed by atoms with van der Waals surface area (Å²) in [5, 5.41) is 9.58. The normalized spacial score (nSPS) is 19.1. The maximum atomic E-state index is 10.8. The molecule has 1 radical (unpaired) electrons. The summed E-state index contributed by atoms with van der Waals surface area (Å²) in [5.41, 5.74) is 0.753. The number of aliphatic hydroxyl groups is 1.